The summed E-state index contributed by atoms with van der Waals surface area (Å²) in [6, 6.07) is 8.67. The lowest BCUT2D eigenvalue weighted by atomic mass is 10.0. The number of nitrogens with zero attached hydrogens (tertiary/aromatic N) is 1. The van der Waals surface area contributed by atoms with Crippen LogP contribution in [0.2, 0.25) is 0 Å². The van der Waals surface area contributed by atoms with Crippen LogP contribution in [0.25, 0.3) is 0 Å². The Labute approximate surface area is 116 Å². The molecule has 1 fully saturated rings. The number of amides is 1. The van der Waals surface area contributed by atoms with Gasteiger partial charge < -0.3 is 10.2 Å². The second-order valence-corrected chi connectivity index (χ2v) is 5.30. The van der Waals surface area contributed by atoms with Gasteiger partial charge in [-0.2, -0.15) is 0 Å². The van der Waals surface area contributed by atoms with E-state index in [0.29, 0.717) is 6.04 Å². The van der Waals surface area contributed by atoms with Gasteiger partial charge in [-0.3, -0.25) is 4.79 Å². The first-order chi connectivity index (χ1) is 9.24. The molecule has 3 heteroatoms. The molecule has 1 heterocycles. The van der Waals surface area contributed by atoms with Gasteiger partial charge in [0.15, 0.2) is 0 Å². The van der Waals surface area contributed by atoms with Crippen LogP contribution in [0.1, 0.15) is 42.1 Å². The van der Waals surface area contributed by atoms with Gasteiger partial charge in [0.1, 0.15) is 0 Å². The van der Waals surface area contributed by atoms with Crippen molar-refractivity contribution in [3.63, 3.8) is 0 Å². The highest BCUT2D eigenvalue weighted by Gasteiger charge is 2.22. The number of likely N-dealkylation sites (tertiary alicyclic amines) is 1. The smallest absolute Gasteiger partial charge is 0.253 e. The van der Waals surface area contributed by atoms with Crippen molar-refractivity contribution in [2.75, 3.05) is 20.1 Å². The lowest BCUT2D eigenvalue weighted by Crippen LogP contribution is -2.43. The van der Waals surface area contributed by atoms with Crippen molar-refractivity contribution in [3.05, 3.63) is 35.4 Å². The fourth-order valence-electron chi connectivity index (χ4n) is 2.66. The van der Waals surface area contributed by atoms with Gasteiger partial charge in [-0.25, -0.2) is 0 Å². The third kappa shape index (κ3) is 3.57. The van der Waals surface area contributed by atoms with Crippen LogP contribution in [0.5, 0.6) is 0 Å². The Hall–Kier alpha value is -1.35. The molecule has 2 rings (SSSR count). The molecule has 0 saturated carbocycles. The normalized spacial score (nSPS) is 16.6. The number of nitrogens with one attached hydrogen (secondary N) is 1. The third-order valence-electron chi connectivity index (χ3n) is 3.93. The van der Waals surface area contributed by atoms with Crippen LogP contribution >= 0.6 is 0 Å². The summed E-state index contributed by atoms with van der Waals surface area (Å²) in [6.45, 7) is 3.90. The van der Waals surface area contributed by atoms with E-state index >= 15 is 0 Å². The zero-order chi connectivity index (χ0) is 13.7. The highest BCUT2D eigenvalue weighted by Crippen LogP contribution is 2.14. The van der Waals surface area contributed by atoms with Gasteiger partial charge in [0.2, 0.25) is 0 Å². The molecule has 1 saturated heterocycles. The monoisotopic (exact) mass is 260 g/mol. The topological polar surface area (TPSA) is 32.3 Å². The van der Waals surface area contributed by atoms with Crippen molar-refractivity contribution in [1.29, 1.82) is 0 Å². The van der Waals surface area contributed by atoms with Crippen molar-refractivity contribution in [1.82, 2.24) is 10.2 Å². The predicted octanol–water partition coefficient (Wildman–Crippen LogP) is 2.46. The minimum absolute atomic E-state index is 0.178. The lowest BCUT2D eigenvalue weighted by Gasteiger charge is -2.31. The Kier molecular flexibility index (Phi) is 4.97. The summed E-state index contributed by atoms with van der Waals surface area (Å²) in [5.74, 6) is 0.178. The van der Waals surface area contributed by atoms with E-state index in [4.69, 9.17) is 0 Å². The molecule has 0 aliphatic carbocycles. The molecular weight excluding hydrogens is 236 g/mol. The average molecular weight is 260 g/mol. The molecular formula is C16H24N2O. The van der Waals surface area contributed by atoms with E-state index in [1.165, 1.54) is 5.56 Å². The Bertz CT molecular complexity index is 405. The Balaban J connectivity index is 1.96. The number of carbonyl (C=O) groups excluding carboxylic acids is 1. The van der Waals surface area contributed by atoms with Crippen LogP contribution in [0, 0.1) is 0 Å². The number of piperidine rings is 1. The first-order valence-corrected chi connectivity index (χ1v) is 7.30. The van der Waals surface area contributed by atoms with Crippen molar-refractivity contribution >= 4 is 5.91 Å². The van der Waals surface area contributed by atoms with Gasteiger partial charge in [-0.15, -0.1) is 0 Å². The number of rotatable bonds is 4. The fraction of sp³-hybridized carbons (Fsp3) is 0.562. The predicted molar refractivity (Wildman–Crippen MR) is 78.4 cm³/mol. The second kappa shape index (κ2) is 6.71. The molecule has 1 aromatic carbocycles. The summed E-state index contributed by atoms with van der Waals surface area (Å²) in [4.78, 5) is 14.3. The van der Waals surface area contributed by atoms with Crippen molar-refractivity contribution in [2.24, 2.45) is 0 Å². The van der Waals surface area contributed by atoms with Crippen molar-refractivity contribution in [2.45, 2.75) is 38.6 Å². The minimum Gasteiger partial charge on any atom is -0.339 e. The molecule has 0 spiro atoms. The quantitative estimate of drug-likeness (QED) is 0.902. The number of aryl methyl sites for hydroxylation is 1. The zero-order valence-electron chi connectivity index (χ0n) is 12.0. The fourth-order valence-corrected chi connectivity index (χ4v) is 2.66. The van der Waals surface area contributed by atoms with E-state index in [-0.39, 0.29) is 5.91 Å². The van der Waals surface area contributed by atoms with Crippen LogP contribution in [-0.2, 0) is 6.42 Å². The van der Waals surface area contributed by atoms with Gasteiger partial charge in [0.05, 0.1) is 0 Å². The summed E-state index contributed by atoms with van der Waals surface area (Å²) >= 11 is 0. The molecule has 1 N–H and O–H groups in total. The Morgan fingerprint density at radius 3 is 2.42 bits per heavy atom. The van der Waals surface area contributed by atoms with Gasteiger partial charge in [-0.1, -0.05) is 25.5 Å². The van der Waals surface area contributed by atoms with Crippen LogP contribution < -0.4 is 5.32 Å². The standard InChI is InChI=1S/C16H24N2O/c1-3-4-13-5-7-14(8-6-13)16(19)18-11-9-15(17-2)10-12-18/h5-8,15,17H,3-4,9-12H2,1-2H3. The molecule has 0 atom stereocenters. The molecule has 0 unspecified atom stereocenters. The van der Waals surface area contributed by atoms with Crippen LogP contribution in [0.3, 0.4) is 0 Å². The maximum atomic E-state index is 12.4. The summed E-state index contributed by atoms with van der Waals surface area (Å²) in [6.07, 6.45) is 4.33. The maximum absolute atomic E-state index is 12.4. The first kappa shape index (κ1) is 14.1. The number of hydrogen-bond donors (Lipinski definition) is 1. The van der Waals surface area contributed by atoms with Crippen LogP contribution in [-0.4, -0.2) is 37.0 Å². The molecule has 0 radical (unpaired) electrons. The maximum Gasteiger partial charge on any atom is 0.253 e. The van der Waals surface area contributed by atoms with E-state index in [1.807, 2.05) is 24.1 Å². The molecule has 3 nitrogen and oxygen atoms in total. The minimum atomic E-state index is 0.178. The molecule has 1 aromatic rings. The van der Waals surface area contributed by atoms with Gasteiger partial charge in [0.25, 0.3) is 5.91 Å². The van der Waals surface area contributed by atoms with E-state index in [2.05, 4.69) is 24.4 Å². The van der Waals surface area contributed by atoms with Gasteiger partial charge in [0, 0.05) is 24.7 Å². The molecule has 1 aliphatic rings. The summed E-state index contributed by atoms with van der Waals surface area (Å²) in [7, 11) is 1.99. The van der Waals surface area contributed by atoms with E-state index in [1.54, 1.807) is 0 Å². The third-order valence-corrected chi connectivity index (χ3v) is 3.93. The summed E-state index contributed by atoms with van der Waals surface area (Å²) in [5, 5.41) is 3.29. The van der Waals surface area contributed by atoms with E-state index in [0.717, 1.165) is 44.3 Å². The summed E-state index contributed by atoms with van der Waals surface area (Å²) < 4.78 is 0. The lowest BCUT2D eigenvalue weighted by molar-refractivity contribution is 0.0707. The number of carbonyl (C=O) groups is 1. The average Bonchev–Trinajstić information content (AvgIpc) is 2.48. The number of hydrogen-bond acceptors (Lipinski definition) is 2. The van der Waals surface area contributed by atoms with Crippen LogP contribution in [0.15, 0.2) is 24.3 Å². The van der Waals surface area contributed by atoms with Crippen LogP contribution in [0.4, 0.5) is 0 Å². The first-order valence-electron chi connectivity index (χ1n) is 7.30. The largest absolute Gasteiger partial charge is 0.339 e. The molecule has 1 amide bonds. The zero-order valence-corrected chi connectivity index (χ0v) is 12.0. The molecule has 104 valence electrons. The van der Waals surface area contributed by atoms with Gasteiger partial charge >= 0.3 is 0 Å². The summed E-state index contributed by atoms with van der Waals surface area (Å²) in [5.41, 5.74) is 2.13. The molecule has 0 aromatic heterocycles. The molecule has 1 aliphatic heterocycles. The molecule has 0 bridgehead atoms. The highest BCUT2D eigenvalue weighted by molar-refractivity contribution is 5.94. The second-order valence-electron chi connectivity index (χ2n) is 5.30. The SMILES string of the molecule is CCCc1ccc(C(=O)N2CCC(NC)CC2)cc1. The van der Waals surface area contributed by atoms with E-state index < -0.39 is 0 Å². The van der Waals surface area contributed by atoms with Crippen molar-refractivity contribution < 1.29 is 4.79 Å². The van der Waals surface area contributed by atoms with E-state index in [9.17, 15) is 4.79 Å². The Morgan fingerprint density at radius 1 is 1.26 bits per heavy atom. The molecule has 19 heavy (non-hydrogen) atoms. The van der Waals surface area contributed by atoms with Crippen molar-refractivity contribution in [3.8, 4) is 0 Å². The highest BCUT2D eigenvalue weighted by atomic mass is 16.2. The Morgan fingerprint density at radius 2 is 1.89 bits per heavy atom. The number of benzene rings is 1. The van der Waals surface area contributed by atoms with Gasteiger partial charge in [-0.05, 0) is 44.0 Å².